The van der Waals surface area contributed by atoms with Gasteiger partial charge in [-0.25, -0.2) is 0 Å². The highest BCUT2D eigenvalue weighted by molar-refractivity contribution is 5.82. The second-order valence-electron chi connectivity index (χ2n) is 4.77. The molecule has 2 N–H and O–H groups in total. The molecule has 1 heterocycles. The van der Waals surface area contributed by atoms with Crippen LogP contribution in [0.25, 0.3) is 10.9 Å². The molecule has 0 fully saturated rings. The summed E-state index contributed by atoms with van der Waals surface area (Å²) in [5.74, 6) is 0.671. The lowest BCUT2D eigenvalue weighted by atomic mass is 10.1. The molecule has 16 heavy (non-hydrogen) atoms. The first-order valence-corrected chi connectivity index (χ1v) is 5.97. The van der Waals surface area contributed by atoms with Gasteiger partial charge in [0, 0.05) is 29.7 Å². The van der Waals surface area contributed by atoms with Gasteiger partial charge in [-0.1, -0.05) is 32.0 Å². The zero-order chi connectivity index (χ0) is 11.5. The van der Waals surface area contributed by atoms with E-state index in [1.54, 1.807) is 0 Å². The molecular formula is C14H20N2. The number of nitrogens with one attached hydrogen (secondary N) is 2. The summed E-state index contributed by atoms with van der Waals surface area (Å²) in [4.78, 5) is 3.30. The lowest BCUT2D eigenvalue weighted by Gasteiger charge is -2.16. The molecule has 0 aliphatic heterocycles. The summed E-state index contributed by atoms with van der Waals surface area (Å²) in [5, 5.41) is 4.88. The standard InChI is InChI=1S/C14H20N2/c1-10(2)11(3)15-8-12-9-16-14-7-5-4-6-13(12)14/h4-7,9-11,15-16H,8H2,1-3H3. The van der Waals surface area contributed by atoms with Gasteiger partial charge in [0.25, 0.3) is 0 Å². The minimum absolute atomic E-state index is 0.550. The minimum atomic E-state index is 0.550. The fourth-order valence-corrected chi connectivity index (χ4v) is 1.78. The Hall–Kier alpha value is -1.28. The van der Waals surface area contributed by atoms with Crippen LogP contribution in [0.2, 0.25) is 0 Å². The maximum absolute atomic E-state index is 3.56. The van der Waals surface area contributed by atoms with E-state index in [1.807, 2.05) is 0 Å². The SMILES string of the molecule is CC(C)C(C)NCc1c[nH]c2ccccc12. The smallest absolute Gasteiger partial charge is 0.0457 e. The maximum atomic E-state index is 3.56. The van der Waals surface area contributed by atoms with Gasteiger partial charge < -0.3 is 10.3 Å². The highest BCUT2D eigenvalue weighted by Crippen LogP contribution is 2.17. The number of hydrogen-bond donors (Lipinski definition) is 2. The van der Waals surface area contributed by atoms with Crippen molar-refractivity contribution in [2.45, 2.75) is 33.4 Å². The Morgan fingerprint density at radius 1 is 1.19 bits per heavy atom. The van der Waals surface area contributed by atoms with Gasteiger partial charge in [0.15, 0.2) is 0 Å². The molecule has 0 amide bonds. The molecule has 0 aliphatic carbocycles. The number of aromatic nitrogens is 1. The van der Waals surface area contributed by atoms with Crippen molar-refractivity contribution < 1.29 is 0 Å². The second kappa shape index (κ2) is 4.71. The molecule has 0 radical (unpaired) electrons. The summed E-state index contributed by atoms with van der Waals surface area (Å²) >= 11 is 0. The van der Waals surface area contributed by atoms with Crippen molar-refractivity contribution >= 4 is 10.9 Å². The summed E-state index contributed by atoms with van der Waals surface area (Å²) in [7, 11) is 0. The first-order chi connectivity index (χ1) is 7.68. The minimum Gasteiger partial charge on any atom is -0.361 e. The molecule has 1 aromatic carbocycles. The molecule has 0 spiro atoms. The van der Waals surface area contributed by atoms with Gasteiger partial charge in [-0.15, -0.1) is 0 Å². The predicted molar refractivity (Wildman–Crippen MR) is 69.4 cm³/mol. The number of rotatable bonds is 4. The summed E-state index contributed by atoms with van der Waals surface area (Å²) < 4.78 is 0. The van der Waals surface area contributed by atoms with E-state index in [4.69, 9.17) is 0 Å². The van der Waals surface area contributed by atoms with Crippen molar-refractivity contribution in [3.63, 3.8) is 0 Å². The summed E-state index contributed by atoms with van der Waals surface area (Å²) in [5.41, 5.74) is 2.57. The molecule has 2 aromatic rings. The fraction of sp³-hybridized carbons (Fsp3) is 0.429. The van der Waals surface area contributed by atoms with E-state index >= 15 is 0 Å². The number of H-pyrrole nitrogens is 1. The van der Waals surface area contributed by atoms with E-state index in [1.165, 1.54) is 16.5 Å². The average Bonchev–Trinajstić information content (AvgIpc) is 2.69. The zero-order valence-electron chi connectivity index (χ0n) is 10.2. The van der Waals surface area contributed by atoms with Crippen LogP contribution in [0.3, 0.4) is 0 Å². The molecule has 86 valence electrons. The van der Waals surface area contributed by atoms with Crippen molar-refractivity contribution in [1.82, 2.24) is 10.3 Å². The Bertz CT molecular complexity index is 456. The summed E-state index contributed by atoms with van der Waals surface area (Å²) in [6.45, 7) is 7.66. The van der Waals surface area contributed by atoms with E-state index in [0.717, 1.165) is 6.54 Å². The third-order valence-electron chi connectivity index (χ3n) is 3.29. The zero-order valence-corrected chi connectivity index (χ0v) is 10.2. The number of fused-ring (bicyclic) bond motifs is 1. The molecule has 1 atom stereocenters. The van der Waals surface area contributed by atoms with Crippen LogP contribution in [-0.2, 0) is 6.54 Å². The van der Waals surface area contributed by atoms with E-state index < -0.39 is 0 Å². The van der Waals surface area contributed by atoms with Gasteiger partial charge in [0.1, 0.15) is 0 Å². The Morgan fingerprint density at radius 2 is 1.94 bits per heavy atom. The molecule has 2 nitrogen and oxygen atoms in total. The molecule has 0 bridgehead atoms. The van der Waals surface area contributed by atoms with Gasteiger partial charge in [0.05, 0.1) is 0 Å². The molecule has 1 aromatic heterocycles. The third-order valence-corrected chi connectivity index (χ3v) is 3.29. The Balaban J connectivity index is 2.10. The molecular weight excluding hydrogens is 196 g/mol. The average molecular weight is 216 g/mol. The monoisotopic (exact) mass is 216 g/mol. The molecule has 0 saturated heterocycles. The molecule has 1 unspecified atom stereocenters. The van der Waals surface area contributed by atoms with Crippen LogP contribution < -0.4 is 5.32 Å². The van der Waals surface area contributed by atoms with Gasteiger partial charge in [-0.2, -0.15) is 0 Å². The maximum Gasteiger partial charge on any atom is 0.0457 e. The number of hydrogen-bond acceptors (Lipinski definition) is 1. The van der Waals surface area contributed by atoms with E-state index in [0.29, 0.717) is 12.0 Å². The van der Waals surface area contributed by atoms with Crippen molar-refractivity contribution in [2.75, 3.05) is 0 Å². The van der Waals surface area contributed by atoms with E-state index in [-0.39, 0.29) is 0 Å². The second-order valence-corrected chi connectivity index (χ2v) is 4.77. The van der Waals surface area contributed by atoms with Crippen LogP contribution in [0.1, 0.15) is 26.3 Å². The van der Waals surface area contributed by atoms with Crippen LogP contribution in [0.4, 0.5) is 0 Å². The highest BCUT2D eigenvalue weighted by atomic mass is 14.9. The normalized spacial score (nSPS) is 13.5. The first kappa shape index (κ1) is 11.2. The van der Waals surface area contributed by atoms with Gasteiger partial charge in [-0.05, 0) is 24.5 Å². The van der Waals surface area contributed by atoms with Crippen molar-refractivity contribution in [2.24, 2.45) is 5.92 Å². The Labute approximate surface area is 97.1 Å². The molecule has 0 saturated carbocycles. The van der Waals surface area contributed by atoms with Crippen LogP contribution >= 0.6 is 0 Å². The summed E-state index contributed by atoms with van der Waals surface area (Å²) in [6.07, 6.45) is 2.10. The Morgan fingerprint density at radius 3 is 2.69 bits per heavy atom. The first-order valence-electron chi connectivity index (χ1n) is 5.97. The lowest BCUT2D eigenvalue weighted by Crippen LogP contribution is -2.30. The van der Waals surface area contributed by atoms with Crippen molar-refractivity contribution in [3.8, 4) is 0 Å². The lowest BCUT2D eigenvalue weighted by molar-refractivity contribution is 0.427. The number of para-hydroxylation sites is 1. The quantitative estimate of drug-likeness (QED) is 0.806. The molecule has 2 heteroatoms. The molecule has 0 aliphatic rings. The van der Waals surface area contributed by atoms with E-state index in [2.05, 4.69) is 61.5 Å². The topological polar surface area (TPSA) is 27.8 Å². The largest absolute Gasteiger partial charge is 0.361 e. The number of benzene rings is 1. The fourth-order valence-electron chi connectivity index (χ4n) is 1.78. The van der Waals surface area contributed by atoms with Crippen LogP contribution in [-0.4, -0.2) is 11.0 Å². The Kier molecular flexibility index (Phi) is 3.30. The van der Waals surface area contributed by atoms with Crippen LogP contribution in [0.5, 0.6) is 0 Å². The van der Waals surface area contributed by atoms with Crippen molar-refractivity contribution in [1.29, 1.82) is 0 Å². The van der Waals surface area contributed by atoms with Crippen LogP contribution in [0, 0.1) is 5.92 Å². The highest BCUT2D eigenvalue weighted by Gasteiger charge is 2.07. The third kappa shape index (κ3) is 2.27. The number of aromatic amines is 1. The predicted octanol–water partition coefficient (Wildman–Crippen LogP) is 3.30. The van der Waals surface area contributed by atoms with Gasteiger partial charge >= 0.3 is 0 Å². The van der Waals surface area contributed by atoms with Gasteiger partial charge in [-0.3, -0.25) is 0 Å². The van der Waals surface area contributed by atoms with Gasteiger partial charge in [0.2, 0.25) is 0 Å². The van der Waals surface area contributed by atoms with Crippen molar-refractivity contribution in [3.05, 3.63) is 36.0 Å². The van der Waals surface area contributed by atoms with Crippen LogP contribution in [0.15, 0.2) is 30.5 Å². The molecule has 2 rings (SSSR count). The van der Waals surface area contributed by atoms with E-state index in [9.17, 15) is 0 Å². The summed E-state index contributed by atoms with van der Waals surface area (Å²) in [6, 6.07) is 8.99.